The van der Waals surface area contributed by atoms with Gasteiger partial charge in [-0.15, -0.1) is 0 Å². The van der Waals surface area contributed by atoms with E-state index in [0.29, 0.717) is 5.56 Å². The van der Waals surface area contributed by atoms with Gasteiger partial charge in [0.15, 0.2) is 5.78 Å². The summed E-state index contributed by atoms with van der Waals surface area (Å²) >= 11 is 0. The van der Waals surface area contributed by atoms with Crippen LogP contribution in [-0.4, -0.2) is 5.78 Å². The van der Waals surface area contributed by atoms with Crippen molar-refractivity contribution in [3.8, 4) is 0 Å². The van der Waals surface area contributed by atoms with E-state index in [2.05, 4.69) is 0 Å². The fourth-order valence-electron chi connectivity index (χ4n) is 1.86. The Labute approximate surface area is 76.6 Å². The average Bonchev–Trinajstić information content (AvgIpc) is 2.44. The lowest BCUT2D eigenvalue weighted by Crippen LogP contribution is -2.06. The van der Waals surface area contributed by atoms with Gasteiger partial charge in [0.2, 0.25) is 0 Å². The summed E-state index contributed by atoms with van der Waals surface area (Å²) in [6, 6.07) is 4.50. The molecule has 0 fully saturated rings. The molecule has 0 aliphatic heterocycles. The molecule has 0 saturated heterocycles. The SMILES string of the molecule is CCC1Cc2ccc(F)cc2C1=O. The molecule has 0 heterocycles. The molecule has 1 unspecified atom stereocenters. The van der Waals surface area contributed by atoms with Crippen molar-refractivity contribution in [2.75, 3.05) is 0 Å². The Kier molecular flexibility index (Phi) is 1.91. The Hall–Kier alpha value is -1.18. The molecule has 1 aliphatic carbocycles. The molecule has 0 saturated carbocycles. The van der Waals surface area contributed by atoms with E-state index in [0.717, 1.165) is 18.4 Å². The van der Waals surface area contributed by atoms with Crippen LogP contribution in [0.4, 0.5) is 4.39 Å². The lowest BCUT2D eigenvalue weighted by atomic mass is 10.0. The Balaban J connectivity index is 2.45. The van der Waals surface area contributed by atoms with E-state index in [-0.39, 0.29) is 17.5 Å². The lowest BCUT2D eigenvalue weighted by Gasteiger charge is -2.00. The summed E-state index contributed by atoms with van der Waals surface area (Å²) in [6.45, 7) is 1.99. The Morgan fingerprint density at radius 2 is 2.31 bits per heavy atom. The highest BCUT2D eigenvalue weighted by molar-refractivity contribution is 6.02. The third kappa shape index (κ3) is 1.26. The second kappa shape index (κ2) is 2.95. The number of hydrogen-bond donors (Lipinski definition) is 0. The van der Waals surface area contributed by atoms with Gasteiger partial charge in [-0.25, -0.2) is 4.39 Å². The maximum atomic E-state index is 12.8. The minimum absolute atomic E-state index is 0.0804. The number of carbonyl (C=O) groups excluding carboxylic acids is 1. The van der Waals surface area contributed by atoms with E-state index in [1.54, 1.807) is 6.07 Å². The zero-order valence-corrected chi connectivity index (χ0v) is 7.51. The minimum atomic E-state index is -0.316. The van der Waals surface area contributed by atoms with Gasteiger partial charge in [0.25, 0.3) is 0 Å². The Morgan fingerprint density at radius 3 is 3.00 bits per heavy atom. The zero-order valence-electron chi connectivity index (χ0n) is 7.51. The van der Waals surface area contributed by atoms with Gasteiger partial charge >= 0.3 is 0 Å². The molecule has 1 atom stereocenters. The number of Topliss-reactive ketones (excluding diaryl/α,β-unsaturated/α-hetero) is 1. The van der Waals surface area contributed by atoms with Crippen molar-refractivity contribution in [1.82, 2.24) is 0 Å². The summed E-state index contributed by atoms with van der Waals surface area (Å²) in [7, 11) is 0. The van der Waals surface area contributed by atoms with Gasteiger partial charge in [0.05, 0.1) is 0 Å². The molecule has 0 aromatic heterocycles. The molecule has 1 nitrogen and oxygen atoms in total. The fourth-order valence-corrected chi connectivity index (χ4v) is 1.86. The van der Waals surface area contributed by atoms with E-state index in [9.17, 15) is 9.18 Å². The molecule has 1 aliphatic rings. The number of ketones is 1. The first-order valence-corrected chi connectivity index (χ1v) is 4.55. The van der Waals surface area contributed by atoms with Gasteiger partial charge in [-0.3, -0.25) is 4.79 Å². The number of hydrogen-bond acceptors (Lipinski definition) is 1. The number of benzene rings is 1. The molecule has 68 valence electrons. The molecule has 1 aromatic rings. The third-order valence-electron chi connectivity index (χ3n) is 2.67. The van der Waals surface area contributed by atoms with Crippen molar-refractivity contribution in [1.29, 1.82) is 0 Å². The summed E-state index contributed by atoms with van der Waals surface area (Å²) in [6.07, 6.45) is 1.63. The maximum Gasteiger partial charge on any atom is 0.166 e. The van der Waals surface area contributed by atoms with Crippen LogP contribution in [0.1, 0.15) is 29.3 Å². The topological polar surface area (TPSA) is 17.1 Å². The van der Waals surface area contributed by atoms with Crippen LogP contribution < -0.4 is 0 Å². The molecule has 0 N–H and O–H groups in total. The van der Waals surface area contributed by atoms with E-state index >= 15 is 0 Å². The van der Waals surface area contributed by atoms with Crippen LogP contribution in [0.5, 0.6) is 0 Å². The van der Waals surface area contributed by atoms with E-state index < -0.39 is 0 Å². The molecule has 2 heteroatoms. The van der Waals surface area contributed by atoms with Crippen LogP contribution in [0.25, 0.3) is 0 Å². The molecule has 0 amide bonds. The van der Waals surface area contributed by atoms with Gasteiger partial charge in [0, 0.05) is 11.5 Å². The van der Waals surface area contributed by atoms with E-state index in [1.165, 1.54) is 12.1 Å². The lowest BCUT2D eigenvalue weighted by molar-refractivity contribution is 0.0934. The minimum Gasteiger partial charge on any atom is -0.294 e. The summed E-state index contributed by atoms with van der Waals surface area (Å²) in [5.74, 6) is -0.127. The first-order chi connectivity index (χ1) is 6.22. The van der Waals surface area contributed by atoms with Crippen molar-refractivity contribution < 1.29 is 9.18 Å². The molecular formula is C11H11FO. The molecular weight excluding hydrogens is 167 g/mol. The summed E-state index contributed by atoms with van der Waals surface area (Å²) in [5.41, 5.74) is 1.59. The highest BCUT2D eigenvalue weighted by Gasteiger charge is 2.28. The van der Waals surface area contributed by atoms with Gasteiger partial charge in [-0.05, 0) is 30.5 Å². The highest BCUT2D eigenvalue weighted by Crippen LogP contribution is 2.28. The van der Waals surface area contributed by atoms with Crippen LogP contribution in [0.15, 0.2) is 18.2 Å². The first kappa shape index (κ1) is 8.42. The van der Waals surface area contributed by atoms with Crippen LogP contribution in [0, 0.1) is 11.7 Å². The number of carbonyl (C=O) groups is 1. The largest absolute Gasteiger partial charge is 0.294 e. The molecule has 13 heavy (non-hydrogen) atoms. The quantitative estimate of drug-likeness (QED) is 0.646. The first-order valence-electron chi connectivity index (χ1n) is 4.55. The zero-order chi connectivity index (χ0) is 9.42. The highest BCUT2D eigenvalue weighted by atomic mass is 19.1. The van der Waals surface area contributed by atoms with Crippen molar-refractivity contribution in [2.24, 2.45) is 5.92 Å². The normalized spacial score (nSPS) is 20.5. The third-order valence-corrected chi connectivity index (χ3v) is 2.67. The molecule has 0 spiro atoms. The Morgan fingerprint density at radius 1 is 1.54 bits per heavy atom. The summed E-state index contributed by atoms with van der Waals surface area (Å²) in [5, 5.41) is 0. The van der Waals surface area contributed by atoms with Crippen molar-refractivity contribution in [2.45, 2.75) is 19.8 Å². The van der Waals surface area contributed by atoms with Crippen molar-refractivity contribution >= 4 is 5.78 Å². The second-order valence-electron chi connectivity index (χ2n) is 3.48. The van der Waals surface area contributed by atoms with Gasteiger partial charge in [-0.2, -0.15) is 0 Å². The van der Waals surface area contributed by atoms with E-state index in [1.807, 2.05) is 6.92 Å². The standard InChI is InChI=1S/C11H11FO/c1-2-7-5-8-3-4-9(12)6-10(8)11(7)13/h3-4,6-7H,2,5H2,1H3. The second-order valence-corrected chi connectivity index (χ2v) is 3.48. The molecule has 1 aromatic carbocycles. The predicted octanol–water partition coefficient (Wildman–Crippen LogP) is 2.59. The van der Waals surface area contributed by atoms with Gasteiger partial charge < -0.3 is 0 Å². The average molecular weight is 178 g/mol. The number of rotatable bonds is 1. The molecule has 0 bridgehead atoms. The van der Waals surface area contributed by atoms with Crippen LogP contribution in [0.2, 0.25) is 0 Å². The molecule has 2 rings (SSSR count). The van der Waals surface area contributed by atoms with E-state index in [4.69, 9.17) is 0 Å². The van der Waals surface area contributed by atoms with Crippen LogP contribution >= 0.6 is 0 Å². The monoisotopic (exact) mass is 178 g/mol. The molecule has 0 radical (unpaired) electrons. The summed E-state index contributed by atoms with van der Waals surface area (Å²) in [4.78, 5) is 11.6. The van der Waals surface area contributed by atoms with Gasteiger partial charge in [-0.1, -0.05) is 13.0 Å². The van der Waals surface area contributed by atoms with Crippen molar-refractivity contribution in [3.05, 3.63) is 35.1 Å². The smallest absolute Gasteiger partial charge is 0.166 e. The van der Waals surface area contributed by atoms with Crippen LogP contribution in [-0.2, 0) is 6.42 Å². The Bertz CT molecular complexity index is 357. The summed E-state index contributed by atoms with van der Waals surface area (Å²) < 4.78 is 12.8. The number of fused-ring (bicyclic) bond motifs is 1. The predicted molar refractivity (Wildman–Crippen MR) is 48.2 cm³/mol. The van der Waals surface area contributed by atoms with Crippen molar-refractivity contribution in [3.63, 3.8) is 0 Å². The van der Waals surface area contributed by atoms with Crippen LogP contribution in [0.3, 0.4) is 0 Å². The number of halogens is 1. The maximum absolute atomic E-state index is 12.8. The fraction of sp³-hybridized carbons (Fsp3) is 0.364. The van der Waals surface area contributed by atoms with Gasteiger partial charge in [0.1, 0.15) is 5.82 Å².